The van der Waals surface area contributed by atoms with E-state index in [2.05, 4.69) is 17.8 Å². The van der Waals surface area contributed by atoms with Crippen molar-refractivity contribution in [3.05, 3.63) is 24.3 Å². The normalized spacial score (nSPS) is 13.7. The van der Waals surface area contributed by atoms with E-state index in [9.17, 15) is 20.1 Å². The molecule has 2 atom stereocenters. The molecule has 0 saturated carbocycles. The van der Waals surface area contributed by atoms with Gasteiger partial charge in [0.05, 0.1) is 6.10 Å². The lowest BCUT2D eigenvalue weighted by Crippen LogP contribution is -2.22. The van der Waals surface area contributed by atoms with Crippen molar-refractivity contribution in [1.29, 1.82) is 0 Å². The second-order valence-corrected chi connectivity index (χ2v) is 3.79. The summed E-state index contributed by atoms with van der Waals surface area (Å²) < 4.78 is 0. The third-order valence-electron chi connectivity index (χ3n) is 2.06. The predicted octanol–water partition coefficient (Wildman–Crippen LogP) is -0.233. The molecule has 0 aromatic rings. The Labute approximate surface area is 113 Å². The standard InChI is InChI=1S/C15H18O4/c1-2-8-13(16)9-5-3-4-6-10-14(17)11-7-12-15(18)19/h1,3-5,9,13-14,16-17H,7-8,11-12H2,(H,18,19)/p-1/b4-3+,9-5+/t13-,14+/m0/s1. The van der Waals surface area contributed by atoms with Gasteiger partial charge >= 0.3 is 0 Å². The van der Waals surface area contributed by atoms with Crippen LogP contribution in [-0.4, -0.2) is 28.4 Å². The first kappa shape index (κ1) is 17.0. The zero-order chi connectivity index (χ0) is 14.5. The van der Waals surface area contributed by atoms with Gasteiger partial charge in [0.25, 0.3) is 0 Å². The number of hydrogen-bond donors (Lipinski definition) is 2. The number of carbonyl (C=O) groups excluding carboxylic acids is 1. The van der Waals surface area contributed by atoms with Crippen LogP contribution in [0.2, 0.25) is 0 Å². The zero-order valence-corrected chi connectivity index (χ0v) is 10.6. The summed E-state index contributed by atoms with van der Waals surface area (Å²) in [7, 11) is 0. The van der Waals surface area contributed by atoms with E-state index in [4.69, 9.17) is 6.42 Å². The van der Waals surface area contributed by atoms with Crippen LogP contribution in [0.5, 0.6) is 0 Å². The minimum absolute atomic E-state index is 0.0790. The third-order valence-corrected chi connectivity index (χ3v) is 2.06. The maximum atomic E-state index is 10.1. The fourth-order valence-electron chi connectivity index (χ4n) is 1.14. The molecule has 0 saturated heterocycles. The SMILES string of the molecule is C#CC[C@H](O)/C=C/C=C/C#C[C@@H](O)CCCC(=O)[O-]. The second-order valence-electron chi connectivity index (χ2n) is 3.79. The Morgan fingerprint density at radius 1 is 1.37 bits per heavy atom. The summed E-state index contributed by atoms with van der Waals surface area (Å²) in [5.41, 5.74) is 0. The van der Waals surface area contributed by atoms with Gasteiger partial charge in [-0.25, -0.2) is 0 Å². The number of aliphatic hydroxyl groups excluding tert-OH is 2. The number of terminal acetylenes is 1. The second kappa shape index (κ2) is 11.1. The molecule has 0 heterocycles. The molecule has 0 aliphatic carbocycles. The van der Waals surface area contributed by atoms with E-state index in [1.54, 1.807) is 12.2 Å². The van der Waals surface area contributed by atoms with E-state index in [0.717, 1.165) is 0 Å². The quantitative estimate of drug-likeness (QED) is 0.490. The monoisotopic (exact) mass is 261 g/mol. The number of aliphatic hydroxyl groups is 2. The lowest BCUT2D eigenvalue weighted by Gasteiger charge is -2.03. The fourth-order valence-corrected chi connectivity index (χ4v) is 1.14. The Balaban J connectivity index is 3.89. The van der Waals surface area contributed by atoms with Crippen molar-refractivity contribution < 1.29 is 20.1 Å². The largest absolute Gasteiger partial charge is 0.550 e. The van der Waals surface area contributed by atoms with Gasteiger partial charge in [-0.15, -0.1) is 12.3 Å². The summed E-state index contributed by atoms with van der Waals surface area (Å²) in [6.45, 7) is 0. The highest BCUT2D eigenvalue weighted by molar-refractivity contribution is 5.64. The number of carboxylic acids is 1. The van der Waals surface area contributed by atoms with Gasteiger partial charge in [-0.3, -0.25) is 0 Å². The minimum Gasteiger partial charge on any atom is -0.550 e. The maximum absolute atomic E-state index is 10.1. The Kier molecular flexibility index (Phi) is 9.93. The Morgan fingerprint density at radius 3 is 2.74 bits per heavy atom. The van der Waals surface area contributed by atoms with E-state index < -0.39 is 18.2 Å². The summed E-state index contributed by atoms with van der Waals surface area (Å²) in [5.74, 6) is 6.36. The molecule has 19 heavy (non-hydrogen) atoms. The fraction of sp³-hybridized carbons (Fsp3) is 0.400. The highest BCUT2D eigenvalue weighted by atomic mass is 16.4. The highest BCUT2D eigenvalue weighted by Crippen LogP contribution is 1.99. The van der Waals surface area contributed by atoms with E-state index >= 15 is 0 Å². The molecule has 4 nitrogen and oxygen atoms in total. The van der Waals surface area contributed by atoms with E-state index in [1.807, 2.05) is 0 Å². The molecule has 0 unspecified atom stereocenters. The van der Waals surface area contributed by atoms with E-state index in [0.29, 0.717) is 12.8 Å². The molecular formula is C15H17O4-. The van der Waals surface area contributed by atoms with Crippen LogP contribution < -0.4 is 5.11 Å². The summed E-state index contributed by atoms with van der Waals surface area (Å²) in [5, 5.41) is 28.8. The predicted molar refractivity (Wildman–Crippen MR) is 70.4 cm³/mol. The van der Waals surface area contributed by atoms with Crippen molar-refractivity contribution in [3.63, 3.8) is 0 Å². The van der Waals surface area contributed by atoms with Crippen LogP contribution in [0.15, 0.2) is 24.3 Å². The molecule has 0 aromatic heterocycles. The Morgan fingerprint density at radius 2 is 2.11 bits per heavy atom. The average molecular weight is 261 g/mol. The van der Waals surface area contributed by atoms with Crippen LogP contribution in [0.25, 0.3) is 0 Å². The molecule has 0 aliphatic heterocycles. The first-order chi connectivity index (χ1) is 9.06. The van der Waals surface area contributed by atoms with Crippen molar-refractivity contribution >= 4 is 5.97 Å². The van der Waals surface area contributed by atoms with Crippen molar-refractivity contribution in [1.82, 2.24) is 0 Å². The van der Waals surface area contributed by atoms with Gasteiger partial charge in [0, 0.05) is 12.4 Å². The summed E-state index contributed by atoms with van der Waals surface area (Å²) in [4.78, 5) is 10.1. The van der Waals surface area contributed by atoms with Crippen molar-refractivity contribution in [2.24, 2.45) is 0 Å². The minimum atomic E-state index is -1.13. The van der Waals surface area contributed by atoms with Gasteiger partial charge in [0.2, 0.25) is 0 Å². The first-order valence-electron chi connectivity index (χ1n) is 5.90. The van der Waals surface area contributed by atoms with Crippen LogP contribution in [-0.2, 0) is 4.79 Å². The Hall–Kier alpha value is -2.01. The van der Waals surface area contributed by atoms with Crippen LogP contribution in [0.1, 0.15) is 25.7 Å². The van der Waals surface area contributed by atoms with Crippen LogP contribution in [0.4, 0.5) is 0 Å². The number of rotatable bonds is 7. The van der Waals surface area contributed by atoms with Gasteiger partial charge in [0.15, 0.2) is 0 Å². The molecule has 0 amide bonds. The van der Waals surface area contributed by atoms with Gasteiger partial charge < -0.3 is 20.1 Å². The lowest BCUT2D eigenvalue weighted by atomic mass is 10.1. The van der Waals surface area contributed by atoms with Gasteiger partial charge in [-0.1, -0.05) is 30.1 Å². The van der Waals surface area contributed by atoms with Crippen molar-refractivity contribution in [2.45, 2.75) is 37.9 Å². The third kappa shape index (κ3) is 12.2. The number of aliphatic carboxylic acids is 1. The highest BCUT2D eigenvalue weighted by Gasteiger charge is 1.97. The maximum Gasteiger partial charge on any atom is 0.115 e. The van der Waals surface area contributed by atoms with Gasteiger partial charge in [0.1, 0.15) is 6.10 Å². The van der Waals surface area contributed by atoms with Crippen molar-refractivity contribution in [3.8, 4) is 24.2 Å². The zero-order valence-electron chi connectivity index (χ0n) is 10.6. The van der Waals surface area contributed by atoms with Crippen LogP contribution >= 0.6 is 0 Å². The number of carboxylic acid groups (broad SMARTS) is 1. The molecule has 0 aromatic carbocycles. The van der Waals surface area contributed by atoms with Gasteiger partial charge in [-0.05, 0) is 25.3 Å². The molecule has 4 heteroatoms. The number of hydrogen-bond acceptors (Lipinski definition) is 4. The molecule has 0 spiro atoms. The molecule has 0 bridgehead atoms. The van der Waals surface area contributed by atoms with Gasteiger partial charge in [-0.2, -0.15) is 0 Å². The molecule has 0 aliphatic rings. The van der Waals surface area contributed by atoms with Crippen molar-refractivity contribution in [2.75, 3.05) is 0 Å². The molecule has 0 fully saturated rings. The van der Waals surface area contributed by atoms with E-state index in [-0.39, 0.29) is 12.8 Å². The summed E-state index contributed by atoms with van der Waals surface area (Å²) >= 11 is 0. The number of carbonyl (C=O) groups is 1. The summed E-state index contributed by atoms with van der Waals surface area (Å²) in [6, 6.07) is 0. The smallest absolute Gasteiger partial charge is 0.115 e. The number of allylic oxidation sites excluding steroid dienone is 3. The molecular weight excluding hydrogens is 244 g/mol. The van der Waals surface area contributed by atoms with Crippen LogP contribution in [0.3, 0.4) is 0 Å². The van der Waals surface area contributed by atoms with Crippen LogP contribution in [0, 0.1) is 24.2 Å². The first-order valence-corrected chi connectivity index (χ1v) is 5.90. The molecule has 102 valence electrons. The Bertz CT molecular complexity index is 418. The molecule has 0 rings (SSSR count). The topological polar surface area (TPSA) is 80.6 Å². The summed E-state index contributed by atoms with van der Waals surface area (Å²) in [6.07, 6.45) is 10.6. The average Bonchev–Trinajstić information content (AvgIpc) is 2.33. The molecule has 2 N–H and O–H groups in total. The van der Waals surface area contributed by atoms with E-state index in [1.165, 1.54) is 12.2 Å². The molecule has 0 radical (unpaired) electrons. The lowest BCUT2D eigenvalue weighted by molar-refractivity contribution is -0.305.